The normalized spacial score (nSPS) is 18.0. The van der Waals surface area contributed by atoms with Crippen LogP contribution in [0, 0.1) is 5.92 Å². The van der Waals surface area contributed by atoms with Crippen molar-refractivity contribution >= 4 is 21.6 Å². The zero-order valence-corrected chi connectivity index (χ0v) is 14.0. The molecule has 4 nitrogen and oxygen atoms in total. The molecule has 0 aliphatic carbocycles. The van der Waals surface area contributed by atoms with Gasteiger partial charge >= 0.3 is 0 Å². The summed E-state index contributed by atoms with van der Waals surface area (Å²) in [6, 6.07) is 4.93. The molecular formula is C15H23ClN2O2S. The summed E-state index contributed by atoms with van der Waals surface area (Å²) in [5.74, 6) is 0.650. The highest BCUT2D eigenvalue weighted by atomic mass is 35.5. The van der Waals surface area contributed by atoms with Crippen molar-refractivity contribution in [3.63, 3.8) is 0 Å². The van der Waals surface area contributed by atoms with Crippen LogP contribution in [0.25, 0.3) is 0 Å². The van der Waals surface area contributed by atoms with Crippen LogP contribution >= 0.6 is 11.6 Å². The zero-order valence-electron chi connectivity index (χ0n) is 12.4. The van der Waals surface area contributed by atoms with E-state index >= 15 is 0 Å². The standard InChI is InChI=1S/C15H23ClN2O2S/c1-2-3-12-6-8-18(9-7-12)21(19,20)15-5-4-13(11-17)10-14(15)16/h4-5,10,12H,2-3,6-9,11,17H2,1H3. The number of rotatable bonds is 5. The van der Waals surface area contributed by atoms with Crippen molar-refractivity contribution in [2.24, 2.45) is 11.7 Å². The van der Waals surface area contributed by atoms with Crippen LogP contribution in [0.2, 0.25) is 5.02 Å². The Morgan fingerprint density at radius 1 is 1.33 bits per heavy atom. The van der Waals surface area contributed by atoms with Gasteiger partial charge < -0.3 is 5.73 Å². The molecule has 2 rings (SSSR count). The van der Waals surface area contributed by atoms with Crippen LogP contribution in [0.4, 0.5) is 0 Å². The largest absolute Gasteiger partial charge is 0.326 e. The fraction of sp³-hybridized carbons (Fsp3) is 0.600. The SMILES string of the molecule is CCCC1CCN(S(=O)(=O)c2ccc(CN)cc2Cl)CC1. The monoisotopic (exact) mass is 330 g/mol. The summed E-state index contributed by atoms with van der Waals surface area (Å²) in [5, 5.41) is 0.258. The first-order chi connectivity index (χ1) is 9.98. The quantitative estimate of drug-likeness (QED) is 0.902. The first-order valence-electron chi connectivity index (χ1n) is 7.47. The van der Waals surface area contributed by atoms with E-state index in [1.807, 2.05) is 0 Å². The number of sulfonamides is 1. The lowest BCUT2D eigenvalue weighted by atomic mass is 9.94. The van der Waals surface area contributed by atoms with Gasteiger partial charge in [-0.15, -0.1) is 0 Å². The van der Waals surface area contributed by atoms with Crippen molar-refractivity contribution in [2.45, 2.75) is 44.0 Å². The molecule has 1 aliphatic heterocycles. The number of nitrogens with two attached hydrogens (primary N) is 1. The zero-order chi connectivity index (χ0) is 15.5. The third-order valence-electron chi connectivity index (χ3n) is 4.12. The van der Waals surface area contributed by atoms with E-state index in [4.69, 9.17) is 17.3 Å². The van der Waals surface area contributed by atoms with Gasteiger partial charge in [-0.1, -0.05) is 37.4 Å². The average molecular weight is 331 g/mol. The number of benzene rings is 1. The minimum absolute atomic E-state index is 0.190. The Bertz CT molecular complexity index is 581. The van der Waals surface area contributed by atoms with Gasteiger partial charge in [0.2, 0.25) is 10.0 Å². The lowest BCUT2D eigenvalue weighted by molar-refractivity contribution is 0.262. The summed E-state index contributed by atoms with van der Waals surface area (Å²) in [5.41, 5.74) is 6.38. The molecule has 0 radical (unpaired) electrons. The fourth-order valence-electron chi connectivity index (χ4n) is 2.87. The molecule has 21 heavy (non-hydrogen) atoms. The molecule has 1 aromatic rings. The summed E-state index contributed by atoms with van der Waals surface area (Å²) in [6.07, 6.45) is 4.21. The predicted octanol–water partition coefficient (Wildman–Crippen LogP) is 3.00. The summed E-state index contributed by atoms with van der Waals surface area (Å²) in [4.78, 5) is 0.190. The van der Waals surface area contributed by atoms with Gasteiger partial charge in [0.25, 0.3) is 0 Å². The maximum Gasteiger partial charge on any atom is 0.244 e. The molecular weight excluding hydrogens is 308 g/mol. The highest BCUT2D eigenvalue weighted by Crippen LogP contribution is 2.30. The van der Waals surface area contributed by atoms with E-state index < -0.39 is 10.0 Å². The molecule has 2 N–H and O–H groups in total. The third kappa shape index (κ3) is 3.77. The first kappa shape index (κ1) is 16.7. The van der Waals surface area contributed by atoms with Crippen molar-refractivity contribution in [3.8, 4) is 0 Å². The minimum atomic E-state index is -3.50. The van der Waals surface area contributed by atoms with Gasteiger partial charge in [-0.25, -0.2) is 8.42 Å². The average Bonchev–Trinajstić information content (AvgIpc) is 2.47. The number of hydrogen-bond donors (Lipinski definition) is 1. The maximum absolute atomic E-state index is 12.7. The van der Waals surface area contributed by atoms with Crippen LogP contribution in [0.5, 0.6) is 0 Å². The van der Waals surface area contributed by atoms with Crippen molar-refractivity contribution < 1.29 is 8.42 Å². The second-order valence-electron chi connectivity index (χ2n) is 5.61. The molecule has 0 aromatic heterocycles. The van der Waals surface area contributed by atoms with E-state index in [1.54, 1.807) is 22.5 Å². The highest BCUT2D eigenvalue weighted by Gasteiger charge is 2.30. The van der Waals surface area contributed by atoms with Gasteiger partial charge in [0.05, 0.1) is 5.02 Å². The van der Waals surface area contributed by atoms with Crippen LogP contribution in [0.15, 0.2) is 23.1 Å². The van der Waals surface area contributed by atoms with E-state index in [9.17, 15) is 8.42 Å². The van der Waals surface area contributed by atoms with E-state index in [2.05, 4.69) is 6.92 Å². The second kappa shape index (κ2) is 7.09. The van der Waals surface area contributed by atoms with E-state index in [0.717, 1.165) is 24.8 Å². The molecule has 1 aliphatic rings. The van der Waals surface area contributed by atoms with Crippen LogP contribution in [-0.2, 0) is 16.6 Å². The minimum Gasteiger partial charge on any atom is -0.326 e. The van der Waals surface area contributed by atoms with Crippen molar-refractivity contribution in [1.82, 2.24) is 4.31 Å². The number of nitrogens with zero attached hydrogens (tertiary/aromatic N) is 1. The highest BCUT2D eigenvalue weighted by molar-refractivity contribution is 7.89. The summed E-state index contributed by atoms with van der Waals surface area (Å²) in [7, 11) is -3.50. The van der Waals surface area contributed by atoms with Crippen LogP contribution in [-0.4, -0.2) is 25.8 Å². The fourth-order valence-corrected chi connectivity index (χ4v) is 4.88. The summed E-state index contributed by atoms with van der Waals surface area (Å²) in [6.45, 7) is 3.69. The van der Waals surface area contributed by atoms with Gasteiger partial charge in [-0.2, -0.15) is 4.31 Å². The Hall–Kier alpha value is -0.620. The molecule has 0 spiro atoms. The number of hydrogen-bond acceptors (Lipinski definition) is 3. The van der Waals surface area contributed by atoms with Crippen molar-refractivity contribution in [3.05, 3.63) is 28.8 Å². The third-order valence-corrected chi connectivity index (χ3v) is 6.50. The molecule has 1 aromatic carbocycles. The topological polar surface area (TPSA) is 63.4 Å². The van der Waals surface area contributed by atoms with Gasteiger partial charge in [0.15, 0.2) is 0 Å². The molecule has 0 saturated carbocycles. The second-order valence-corrected chi connectivity index (χ2v) is 7.92. The van der Waals surface area contributed by atoms with Crippen molar-refractivity contribution in [2.75, 3.05) is 13.1 Å². The molecule has 1 heterocycles. The van der Waals surface area contributed by atoms with Crippen LogP contribution < -0.4 is 5.73 Å². The summed E-state index contributed by atoms with van der Waals surface area (Å²) < 4.78 is 26.9. The van der Waals surface area contributed by atoms with E-state index in [0.29, 0.717) is 25.6 Å². The van der Waals surface area contributed by atoms with E-state index in [-0.39, 0.29) is 9.92 Å². The first-order valence-corrected chi connectivity index (χ1v) is 9.29. The molecule has 0 unspecified atom stereocenters. The molecule has 6 heteroatoms. The lowest BCUT2D eigenvalue weighted by Gasteiger charge is -2.31. The van der Waals surface area contributed by atoms with Gasteiger partial charge in [0.1, 0.15) is 4.90 Å². The van der Waals surface area contributed by atoms with Crippen LogP contribution in [0.3, 0.4) is 0 Å². The molecule has 1 fully saturated rings. The Kier molecular flexibility index (Phi) is 5.66. The lowest BCUT2D eigenvalue weighted by Crippen LogP contribution is -2.38. The Labute approximate surface area is 132 Å². The molecule has 0 amide bonds. The Morgan fingerprint density at radius 2 is 2.00 bits per heavy atom. The van der Waals surface area contributed by atoms with Gasteiger partial charge in [-0.05, 0) is 36.5 Å². The summed E-state index contributed by atoms with van der Waals surface area (Å²) >= 11 is 6.13. The van der Waals surface area contributed by atoms with Gasteiger partial charge in [0, 0.05) is 19.6 Å². The van der Waals surface area contributed by atoms with Crippen molar-refractivity contribution in [1.29, 1.82) is 0 Å². The van der Waals surface area contributed by atoms with Crippen LogP contribution in [0.1, 0.15) is 38.2 Å². The smallest absolute Gasteiger partial charge is 0.244 e. The number of piperidine rings is 1. The molecule has 0 bridgehead atoms. The Balaban J connectivity index is 2.16. The van der Waals surface area contributed by atoms with Gasteiger partial charge in [-0.3, -0.25) is 0 Å². The Morgan fingerprint density at radius 3 is 2.52 bits per heavy atom. The molecule has 0 atom stereocenters. The maximum atomic E-state index is 12.7. The predicted molar refractivity (Wildman–Crippen MR) is 85.7 cm³/mol. The number of halogens is 1. The molecule has 118 valence electrons. The molecule has 1 saturated heterocycles. The van der Waals surface area contributed by atoms with E-state index in [1.165, 1.54) is 6.42 Å².